The number of aliphatic imine (C=N–C) groups is 1. The molecule has 27 heavy (non-hydrogen) atoms. The van der Waals surface area contributed by atoms with Crippen molar-refractivity contribution < 1.29 is 0 Å². The van der Waals surface area contributed by atoms with Crippen molar-refractivity contribution in [2.75, 3.05) is 25.0 Å². The fourth-order valence-corrected chi connectivity index (χ4v) is 3.89. The van der Waals surface area contributed by atoms with E-state index >= 15 is 0 Å². The van der Waals surface area contributed by atoms with Gasteiger partial charge in [0.15, 0.2) is 0 Å². The first-order valence-electron chi connectivity index (χ1n) is 10.5. The molecule has 1 aliphatic heterocycles. The van der Waals surface area contributed by atoms with Crippen LogP contribution in [0.4, 0.5) is 5.69 Å². The summed E-state index contributed by atoms with van der Waals surface area (Å²) in [7, 11) is 0. The average molecular weight is 372 g/mol. The highest BCUT2D eigenvalue weighted by atomic mass is 15.1. The summed E-state index contributed by atoms with van der Waals surface area (Å²) in [6.07, 6.45) is 9.29. The van der Waals surface area contributed by atoms with E-state index in [-0.39, 0.29) is 0 Å². The summed E-state index contributed by atoms with van der Waals surface area (Å²) in [6.45, 7) is 13.9. The Hall–Kier alpha value is -1.88. The number of nitrogens with zero attached hydrogens (tertiary/aromatic N) is 3. The predicted octanol–water partition coefficient (Wildman–Crippen LogP) is 4.56. The van der Waals surface area contributed by atoms with Crippen LogP contribution in [0.5, 0.6) is 0 Å². The molecule has 2 atom stereocenters. The number of rotatable bonds is 10. The average Bonchev–Trinajstić information content (AvgIpc) is 2.65. The molecule has 0 saturated carbocycles. The van der Waals surface area contributed by atoms with Crippen molar-refractivity contribution in [3.8, 4) is 0 Å². The molecule has 1 aromatic heterocycles. The van der Waals surface area contributed by atoms with Gasteiger partial charge in [-0.2, -0.15) is 0 Å². The molecule has 0 radical (unpaired) electrons. The fraction of sp³-hybridized carbons (Fsp3) is 0.636. The molecule has 2 heterocycles. The smallest absolute Gasteiger partial charge is 0.125 e. The number of nitrogens with one attached hydrogen (secondary N) is 1. The Kier molecular flexibility index (Phi) is 8.79. The van der Waals surface area contributed by atoms with Crippen LogP contribution in [0.1, 0.15) is 58.1 Å². The Bertz CT molecular complexity index is 625. The predicted molar refractivity (Wildman–Crippen MR) is 116 cm³/mol. The number of anilines is 1. The van der Waals surface area contributed by atoms with Crippen LogP contribution >= 0.6 is 0 Å². The van der Waals surface area contributed by atoms with Crippen LogP contribution in [0.2, 0.25) is 0 Å². The van der Waals surface area contributed by atoms with Gasteiger partial charge < -0.3 is 16.0 Å². The normalized spacial score (nSPS) is 19.7. The first-order valence-corrected chi connectivity index (χ1v) is 10.5. The Morgan fingerprint density at radius 3 is 2.96 bits per heavy atom. The molecular weight excluding hydrogens is 334 g/mol. The third kappa shape index (κ3) is 7.33. The van der Waals surface area contributed by atoms with Gasteiger partial charge in [-0.05, 0) is 57.3 Å². The topological polar surface area (TPSA) is 66.5 Å². The highest BCUT2D eigenvalue weighted by molar-refractivity contribution is 5.84. The summed E-state index contributed by atoms with van der Waals surface area (Å²) in [5.41, 5.74) is 8.24. The van der Waals surface area contributed by atoms with E-state index in [1.165, 1.54) is 45.2 Å². The molecule has 1 fully saturated rings. The molecular formula is C22H37N5. The van der Waals surface area contributed by atoms with E-state index in [4.69, 9.17) is 5.73 Å². The van der Waals surface area contributed by atoms with E-state index in [9.17, 15) is 0 Å². The van der Waals surface area contributed by atoms with Crippen molar-refractivity contribution in [1.29, 1.82) is 0 Å². The molecule has 0 aromatic carbocycles. The van der Waals surface area contributed by atoms with Gasteiger partial charge in [-0.3, -0.25) is 4.98 Å². The largest absolute Gasteiger partial charge is 0.387 e. The number of aromatic nitrogens is 1. The van der Waals surface area contributed by atoms with E-state index < -0.39 is 0 Å². The van der Waals surface area contributed by atoms with Crippen LogP contribution in [-0.2, 0) is 0 Å². The monoisotopic (exact) mass is 371 g/mol. The molecule has 1 aliphatic rings. The minimum atomic E-state index is 0.322. The SMILES string of the molecule is C=C(/N=C(\N)C1CCCN(CCC(CC)CCC)C1)Nc1ccnc(C)c1. The number of hydrogen-bond donors (Lipinski definition) is 2. The van der Waals surface area contributed by atoms with Crippen molar-refractivity contribution in [3.63, 3.8) is 0 Å². The maximum absolute atomic E-state index is 6.34. The van der Waals surface area contributed by atoms with Crippen LogP contribution in [0.25, 0.3) is 0 Å². The van der Waals surface area contributed by atoms with Crippen molar-refractivity contribution >= 4 is 11.5 Å². The van der Waals surface area contributed by atoms with Crippen molar-refractivity contribution in [1.82, 2.24) is 9.88 Å². The molecule has 0 aliphatic carbocycles. The Balaban J connectivity index is 1.86. The summed E-state index contributed by atoms with van der Waals surface area (Å²) in [4.78, 5) is 11.3. The van der Waals surface area contributed by atoms with Gasteiger partial charge in [-0.1, -0.05) is 39.7 Å². The second-order valence-electron chi connectivity index (χ2n) is 7.79. The fourth-order valence-electron chi connectivity index (χ4n) is 3.89. The molecule has 0 amide bonds. The molecule has 150 valence electrons. The zero-order chi connectivity index (χ0) is 19.6. The lowest BCUT2D eigenvalue weighted by Crippen LogP contribution is -2.42. The summed E-state index contributed by atoms with van der Waals surface area (Å²) in [5, 5.41) is 3.21. The maximum Gasteiger partial charge on any atom is 0.125 e. The molecule has 0 spiro atoms. The van der Waals surface area contributed by atoms with Gasteiger partial charge in [0.05, 0.1) is 0 Å². The van der Waals surface area contributed by atoms with E-state index in [1.54, 1.807) is 6.20 Å². The van der Waals surface area contributed by atoms with E-state index in [2.05, 4.69) is 40.6 Å². The molecule has 1 saturated heterocycles. The minimum Gasteiger partial charge on any atom is -0.387 e. The van der Waals surface area contributed by atoms with Gasteiger partial charge in [0, 0.05) is 30.0 Å². The van der Waals surface area contributed by atoms with Crippen molar-refractivity contribution in [2.45, 2.75) is 59.3 Å². The lowest BCUT2D eigenvalue weighted by molar-refractivity contribution is 0.188. The van der Waals surface area contributed by atoms with Gasteiger partial charge in [0.1, 0.15) is 11.7 Å². The summed E-state index contributed by atoms with van der Waals surface area (Å²) >= 11 is 0. The minimum absolute atomic E-state index is 0.322. The van der Waals surface area contributed by atoms with Crippen molar-refractivity contribution in [3.05, 3.63) is 36.4 Å². The van der Waals surface area contributed by atoms with Gasteiger partial charge >= 0.3 is 0 Å². The summed E-state index contributed by atoms with van der Waals surface area (Å²) < 4.78 is 0. The number of hydrogen-bond acceptors (Lipinski definition) is 4. The first kappa shape index (κ1) is 21.4. The summed E-state index contributed by atoms with van der Waals surface area (Å²) in [6, 6.07) is 3.88. The number of likely N-dealkylation sites (tertiary alicyclic amines) is 1. The van der Waals surface area contributed by atoms with E-state index in [1.807, 2.05) is 19.1 Å². The second kappa shape index (κ2) is 11.1. The van der Waals surface area contributed by atoms with Gasteiger partial charge in [0.25, 0.3) is 0 Å². The van der Waals surface area contributed by atoms with Gasteiger partial charge in [-0.15, -0.1) is 0 Å². The number of aryl methyl sites for hydroxylation is 1. The highest BCUT2D eigenvalue weighted by Gasteiger charge is 2.23. The van der Waals surface area contributed by atoms with E-state index in [0.717, 1.165) is 30.3 Å². The molecule has 1 aromatic rings. The molecule has 0 bridgehead atoms. The van der Waals surface area contributed by atoms with Crippen LogP contribution in [-0.4, -0.2) is 35.4 Å². The third-order valence-corrected chi connectivity index (χ3v) is 5.50. The Labute approximate surface area is 165 Å². The van der Waals surface area contributed by atoms with E-state index in [0.29, 0.717) is 17.6 Å². The second-order valence-corrected chi connectivity index (χ2v) is 7.79. The third-order valence-electron chi connectivity index (χ3n) is 5.50. The number of piperidine rings is 1. The van der Waals surface area contributed by atoms with Crippen LogP contribution in [0.15, 0.2) is 35.7 Å². The van der Waals surface area contributed by atoms with Crippen LogP contribution < -0.4 is 11.1 Å². The Morgan fingerprint density at radius 2 is 2.26 bits per heavy atom. The lowest BCUT2D eigenvalue weighted by Gasteiger charge is -2.33. The zero-order valence-electron chi connectivity index (χ0n) is 17.4. The number of pyridine rings is 1. The quantitative estimate of drug-likeness (QED) is 0.467. The highest BCUT2D eigenvalue weighted by Crippen LogP contribution is 2.21. The standard InChI is InChI=1S/C22H37N5/c1-5-8-19(6-2)11-14-27-13-7-9-20(16-27)22(23)26-18(4)25-21-10-12-24-17(3)15-21/h10,12,15,19-20H,4-9,11,13-14,16H2,1-3H3,(H2,23,26)(H,24,25). The van der Waals surface area contributed by atoms with Crippen LogP contribution in [0, 0.1) is 18.8 Å². The van der Waals surface area contributed by atoms with Gasteiger partial charge in [-0.25, -0.2) is 4.99 Å². The number of amidine groups is 1. The number of nitrogens with two attached hydrogens (primary N) is 1. The molecule has 5 nitrogen and oxygen atoms in total. The maximum atomic E-state index is 6.34. The molecule has 5 heteroatoms. The summed E-state index contributed by atoms with van der Waals surface area (Å²) in [5.74, 6) is 2.46. The molecule has 2 unspecified atom stereocenters. The molecule has 2 rings (SSSR count). The Morgan fingerprint density at radius 1 is 1.44 bits per heavy atom. The van der Waals surface area contributed by atoms with Gasteiger partial charge in [0.2, 0.25) is 0 Å². The van der Waals surface area contributed by atoms with Crippen LogP contribution in [0.3, 0.4) is 0 Å². The van der Waals surface area contributed by atoms with Crippen molar-refractivity contribution in [2.24, 2.45) is 22.6 Å². The molecule has 3 N–H and O–H groups in total. The zero-order valence-corrected chi connectivity index (χ0v) is 17.4. The lowest BCUT2D eigenvalue weighted by atomic mass is 9.94. The first-order chi connectivity index (χ1) is 13.0.